The van der Waals surface area contributed by atoms with Gasteiger partial charge in [-0.25, -0.2) is 0 Å². The number of allylic oxidation sites excluding steroid dienone is 1. The minimum atomic E-state index is 0.0139. The molecular weight excluding hydrogens is 248 g/mol. The van der Waals surface area contributed by atoms with Gasteiger partial charge in [-0.1, -0.05) is 30.3 Å². The number of carbonyl (C=O) groups is 1. The number of hydrogen-bond donors (Lipinski definition) is 0. The maximum Gasteiger partial charge on any atom is 0.164 e. The fourth-order valence-electron chi connectivity index (χ4n) is 2.30. The number of rotatable bonds is 7. The van der Waals surface area contributed by atoms with Crippen LogP contribution in [0.4, 0.5) is 0 Å². The van der Waals surface area contributed by atoms with Crippen molar-refractivity contribution < 1.29 is 4.79 Å². The number of benzene rings is 1. The van der Waals surface area contributed by atoms with Gasteiger partial charge in [0.25, 0.3) is 0 Å². The zero-order valence-electron chi connectivity index (χ0n) is 13.3. The Morgan fingerprint density at radius 2 is 1.55 bits per heavy atom. The highest BCUT2D eigenvalue weighted by Gasteiger charge is 2.21. The SMILES string of the molecule is C/C(=C/c1ccccc1)C(=O)C(CN(C)C)CN(C)C. The van der Waals surface area contributed by atoms with Gasteiger partial charge in [-0.15, -0.1) is 0 Å². The molecule has 20 heavy (non-hydrogen) atoms. The molecule has 0 aliphatic carbocycles. The van der Waals surface area contributed by atoms with Crippen molar-refractivity contribution in [1.82, 2.24) is 9.80 Å². The molecule has 0 heterocycles. The number of carbonyl (C=O) groups excluding carboxylic acids is 1. The third-order valence-electron chi connectivity index (χ3n) is 3.11. The second-order valence-corrected chi connectivity index (χ2v) is 5.82. The molecule has 0 bridgehead atoms. The van der Waals surface area contributed by atoms with Crippen LogP contribution in [0.2, 0.25) is 0 Å². The van der Waals surface area contributed by atoms with Gasteiger partial charge < -0.3 is 9.80 Å². The topological polar surface area (TPSA) is 23.6 Å². The maximum absolute atomic E-state index is 12.6. The number of nitrogens with zero attached hydrogens (tertiary/aromatic N) is 2. The monoisotopic (exact) mass is 274 g/mol. The zero-order valence-corrected chi connectivity index (χ0v) is 13.3. The third kappa shape index (κ3) is 5.68. The zero-order chi connectivity index (χ0) is 15.1. The molecule has 3 nitrogen and oxygen atoms in total. The first kappa shape index (κ1) is 16.6. The highest BCUT2D eigenvalue weighted by Crippen LogP contribution is 2.13. The Balaban J connectivity index is 2.85. The van der Waals surface area contributed by atoms with Crippen LogP contribution in [0.25, 0.3) is 6.08 Å². The average molecular weight is 274 g/mol. The lowest BCUT2D eigenvalue weighted by Crippen LogP contribution is -2.36. The molecular formula is C17H26N2O. The summed E-state index contributed by atoms with van der Waals surface area (Å²) in [5, 5.41) is 0. The highest BCUT2D eigenvalue weighted by molar-refractivity contribution is 6.00. The summed E-state index contributed by atoms with van der Waals surface area (Å²) in [6.45, 7) is 3.46. The van der Waals surface area contributed by atoms with Crippen molar-refractivity contribution in [3.8, 4) is 0 Å². The molecule has 0 aromatic heterocycles. The number of Topliss-reactive ketones (excluding diaryl/α,β-unsaturated/α-hetero) is 1. The lowest BCUT2D eigenvalue weighted by atomic mass is 9.96. The summed E-state index contributed by atoms with van der Waals surface area (Å²) in [6, 6.07) is 9.99. The van der Waals surface area contributed by atoms with Crippen LogP contribution in [-0.2, 0) is 4.79 Å². The molecule has 0 aliphatic heterocycles. The second kappa shape index (κ2) is 7.98. The van der Waals surface area contributed by atoms with Crippen LogP contribution < -0.4 is 0 Å². The molecule has 0 spiro atoms. The van der Waals surface area contributed by atoms with E-state index < -0.39 is 0 Å². The molecule has 0 amide bonds. The van der Waals surface area contributed by atoms with E-state index in [1.165, 1.54) is 0 Å². The van der Waals surface area contributed by atoms with Crippen molar-refractivity contribution in [3.05, 3.63) is 41.5 Å². The maximum atomic E-state index is 12.6. The summed E-state index contributed by atoms with van der Waals surface area (Å²) >= 11 is 0. The predicted molar refractivity (Wildman–Crippen MR) is 85.7 cm³/mol. The van der Waals surface area contributed by atoms with Crippen molar-refractivity contribution in [2.75, 3.05) is 41.3 Å². The van der Waals surface area contributed by atoms with E-state index in [2.05, 4.69) is 9.80 Å². The van der Waals surface area contributed by atoms with E-state index in [0.717, 1.165) is 24.2 Å². The van der Waals surface area contributed by atoms with E-state index in [-0.39, 0.29) is 11.7 Å². The van der Waals surface area contributed by atoms with E-state index in [1.807, 2.05) is 71.5 Å². The fraction of sp³-hybridized carbons (Fsp3) is 0.471. The Bertz CT molecular complexity index is 439. The summed E-state index contributed by atoms with van der Waals surface area (Å²) in [5.41, 5.74) is 1.90. The molecule has 0 N–H and O–H groups in total. The van der Waals surface area contributed by atoms with Gasteiger partial charge in [0.2, 0.25) is 0 Å². The summed E-state index contributed by atoms with van der Waals surface area (Å²) in [5.74, 6) is 0.246. The van der Waals surface area contributed by atoms with Gasteiger partial charge in [-0.05, 0) is 52.3 Å². The molecule has 0 aliphatic rings. The van der Waals surface area contributed by atoms with Gasteiger partial charge >= 0.3 is 0 Å². The molecule has 0 fully saturated rings. The van der Waals surface area contributed by atoms with Crippen molar-refractivity contribution in [2.24, 2.45) is 5.92 Å². The smallest absolute Gasteiger partial charge is 0.164 e. The molecule has 3 heteroatoms. The van der Waals surface area contributed by atoms with E-state index in [1.54, 1.807) is 0 Å². The Hall–Kier alpha value is -1.45. The molecule has 0 unspecified atom stereocenters. The number of ketones is 1. The molecule has 0 saturated heterocycles. The minimum absolute atomic E-state index is 0.0139. The molecule has 1 aromatic carbocycles. The predicted octanol–water partition coefficient (Wildman–Crippen LogP) is 2.40. The number of hydrogen-bond acceptors (Lipinski definition) is 3. The van der Waals surface area contributed by atoms with Crippen molar-refractivity contribution in [2.45, 2.75) is 6.92 Å². The molecule has 1 aromatic rings. The minimum Gasteiger partial charge on any atom is -0.309 e. The Morgan fingerprint density at radius 1 is 1.05 bits per heavy atom. The summed E-state index contributed by atoms with van der Waals surface area (Å²) in [6.07, 6.45) is 1.97. The highest BCUT2D eigenvalue weighted by atomic mass is 16.1. The van der Waals surface area contributed by atoms with E-state index >= 15 is 0 Å². The van der Waals surface area contributed by atoms with Gasteiger partial charge in [0, 0.05) is 19.0 Å². The summed E-state index contributed by atoms with van der Waals surface area (Å²) in [7, 11) is 8.02. The summed E-state index contributed by atoms with van der Waals surface area (Å²) in [4.78, 5) is 16.7. The van der Waals surface area contributed by atoms with Crippen LogP contribution in [0.5, 0.6) is 0 Å². The lowest BCUT2D eigenvalue weighted by molar-refractivity contribution is -0.120. The van der Waals surface area contributed by atoms with Crippen LogP contribution in [0, 0.1) is 5.92 Å². The average Bonchev–Trinajstić information content (AvgIpc) is 2.37. The molecule has 0 saturated carbocycles. The van der Waals surface area contributed by atoms with Crippen LogP contribution in [0.1, 0.15) is 12.5 Å². The van der Waals surface area contributed by atoms with Crippen LogP contribution in [0.3, 0.4) is 0 Å². The first-order valence-corrected chi connectivity index (χ1v) is 6.97. The van der Waals surface area contributed by atoms with Crippen LogP contribution in [0.15, 0.2) is 35.9 Å². The van der Waals surface area contributed by atoms with Gasteiger partial charge in [-0.3, -0.25) is 4.79 Å². The van der Waals surface area contributed by atoms with E-state index in [9.17, 15) is 4.79 Å². The molecule has 0 radical (unpaired) electrons. The first-order chi connectivity index (χ1) is 9.40. The third-order valence-corrected chi connectivity index (χ3v) is 3.11. The van der Waals surface area contributed by atoms with Crippen molar-refractivity contribution >= 4 is 11.9 Å². The van der Waals surface area contributed by atoms with Gasteiger partial charge in [0.1, 0.15) is 0 Å². The molecule has 110 valence electrons. The lowest BCUT2D eigenvalue weighted by Gasteiger charge is -2.23. The summed E-state index contributed by atoms with van der Waals surface area (Å²) < 4.78 is 0. The Morgan fingerprint density at radius 3 is 2.00 bits per heavy atom. The molecule has 0 atom stereocenters. The van der Waals surface area contributed by atoms with E-state index in [0.29, 0.717) is 0 Å². The van der Waals surface area contributed by atoms with E-state index in [4.69, 9.17) is 0 Å². The molecule has 1 rings (SSSR count). The van der Waals surface area contributed by atoms with Crippen LogP contribution >= 0.6 is 0 Å². The largest absolute Gasteiger partial charge is 0.309 e. The standard InChI is InChI=1S/C17H26N2O/c1-14(11-15-9-7-6-8-10-15)17(20)16(12-18(2)3)13-19(4)5/h6-11,16H,12-13H2,1-5H3/b14-11-. The Kier molecular flexibility index (Phi) is 6.62. The van der Waals surface area contributed by atoms with Gasteiger partial charge in [0.15, 0.2) is 5.78 Å². The first-order valence-electron chi connectivity index (χ1n) is 6.97. The fourth-order valence-corrected chi connectivity index (χ4v) is 2.30. The quantitative estimate of drug-likeness (QED) is 0.713. The van der Waals surface area contributed by atoms with Gasteiger partial charge in [0.05, 0.1) is 0 Å². The van der Waals surface area contributed by atoms with Crippen LogP contribution in [-0.4, -0.2) is 56.9 Å². The van der Waals surface area contributed by atoms with Crippen molar-refractivity contribution in [3.63, 3.8) is 0 Å². The normalized spacial score (nSPS) is 12.5. The second-order valence-electron chi connectivity index (χ2n) is 5.82. The Labute approximate surface area is 122 Å². The van der Waals surface area contributed by atoms with Crippen molar-refractivity contribution in [1.29, 1.82) is 0 Å². The van der Waals surface area contributed by atoms with Gasteiger partial charge in [-0.2, -0.15) is 0 Å².